The molecule has 1 aromatic rings. The molecule has 0 aliphatic heterocycles. The van der Waals surface area contributed by atoms with Gasteiger partial charge in [-0.05, 0) is 24.1 Å². The van der Waals surface area contributed by atoms with Crippen LogP contribution in [-0.2, 0) is 11.3 Å². The van der Waals surface area contributed by atoms with Gasteiger partial charge in [0.05, 0.1) is 18.6 Å². The highest BCUT2D eigenvalue weighted by Crippen LogP contribution is 2.27. The number of nitro benzene ring substituents is 1. The first-order valence-corrected chi connectivity index (χ1v) is 5.08. The van der Waals surface area contributed by atoms with E-state index in [1.165, 1.54) is 13.2 Å². The average Bonchev–Trinajstić information content (AvgIpc) is 2.29. The zero-order valence-corrected chi connectivity index (χ0v) is 9.43. The van der Waals surface area contributed by atoms with Gasteiger partial charge in [-0.2, -0.15) is 0 Å². The fourth-order valence-corrected chi connectivity index (χ4v) is 1.30. The third-order valence-electron chi connectivity index (χ3n) is 2.06. The van der Waals surface area contributed by atoms with Crippen LogP contribution in [0.2, 0.25) is 0 Å². The third kappa shape index (κ3) is 3.20. The Balaban J connectivity index is 2.78. The highest BCUT2D eigenvalue weighted by molar-refractivity contribution is 5.48. The Kier molecular flexibility index (Phi) is 4.72. The van der Waals surface area contributed by atoms with Crippen LogP contribution in [0.4, 0.5) is 5.69 Å². The summed E-state index contributed by atoms with van der Waals surface area (Å²) in [6, 6.07) is 4.74. The molecule has 5 heteroatoms. The first-order valence-electron chi connectivity index (χ1n) is 5.08. The molecule has 1 rings (SSSR count). The van der Waals surface area contributed by atoms with Crippen molar-refractivity contribution in [2.75, 3.05) is 13.7 Å². The Hall–Kier alpha value is -1.62. The zero-order valence-electron chi connectivity index (χ0n) is 9.43. The van der Waals surface area contributed by atoms with Crippen molar-refractivity contribution in [2.24, 2.45) is 0 Å². The van der Waals surface area contributed by atoms with Crippen LogP contribution < -0.4 is 4.74 Å². The molecule has 16 heavy (non-hydrogen) atoms. The van der Waals surface area contributed by atoms with Crippen molar-refractivity contribution in [3.8, 4) is 5.75 Å². The molecule has 0 unspecified atom stereocenters. The number of nitrogens with zero attached hydrogens (tertiary/aromatic N) is 1. The van der Waals surface area contributed by atoms with Gasteiger partial charge in [-0.3, -0.25) is 10.1 Å². The zero-order chi connectivity index (χ0) is 12.0. The van der Waals surface area contributed by atoms with Crippen molar-refractivity contribution in [1.29, 1.82) is 0 Å². The van der Waals surface area contributed by atoms with Crippen LogP contribution in [0.25, 0.3) is 0 Å². The largest absolute Gasteiger partial charge is 0.490 e. The smallest absolute Gasteiger partial charge is 0.310 e. The Morgan fingerprint density at radius 1 is 1.44 bits per heavy atom. The van der Waals surface area contributed by atoms with Gasteiger partial charge in [0.15, 0.2) is 5.75 Å². The summed E-state index contributed by atoms with van der Waals surface area (Å²) >= 11 is 0. The van der Waals surface area contributed by atoms with Gasteiger partial charge >= 0.3 is 5.69 Å². The molecular formula is C11H15NO4. The maximum atomic E-state index is 10.6. The number of hydrogen-bond acceptors (Lipinski definition) is 4. The lowest BCUT2D eigenvalue weighted by atomic mass is 10.2. The summed E-state index contributed by atoms with van der Waals surface area (Å²) in [7, 11) is 1.42. The molecule has 0 bridgehead atoms. The Labute approximate surface area is 94.1 Å². The van der Waals surface area contributed by atoms with Gasteiger partial charge in [-0.1, -0.05) is 6.92 Å². The van der Waals surface area contributed by atoms with Gasteiger partial charge in [0.2, 0.25) is 0 Å². The molecule has 0 N–H and O–H groups in total. The van der Waals surface area contributed by atoms with Crippen molar-refractivity contribution in [3.63, 3.8) is 0 Å². The van der Waals surface area contributed by atoms with Crippen molar-refractivity contribution in [3.05, 3.63) is 33.9 Å². The fraction of sp³-hybridized carbons (Fsp3) is 0.455. The second-order valence-electron chi connectivity index (χ2n) is 3.32. The van der Waals surface area contributed by atoms with Gasteiger partial charge in [-0.25, -0.2) is 0 Å². The van der Waals surface area contributed by atoms with Crippen LogP contribution in [0.15, 0.2) is 18.2 Å². The summed E-state index contributed by atoms with van der Waals surface area (Å²) in [5.41, 5.74) is 0.845. The highest BCUT2D eigenvalue weighted by Gasteiger charge is 2.14. The molecule has 5 nitrogen and oxygen atoms in total. The van der Waals surface area contributed by atoms with E-state index < -0.39 is 4.92 Å². The summed E-state index contributed by atoms with van der Waals surface area (Å²) in [6.45, 7) is 3.15. The number of hydrogen-bond donors (Lipinski definition) is 0. The van der Waals surface area contributed by atoms with E-state index in [2.05, 4.69) is 0 Å². The van der Waals surface area contributed by atoms with Gasteiger partial charge < -0.3 is 9.47 Å². The predicted octanol–water partition coefficient (Wildman–Crippen LogP) is 2.53. The minimum absolute atomic E-state index is 0.0262. The number of rotatable bonds is 6. The minimum atomic E-state index is -0.463. The monoisotopic (exact) mass is 225 g/mol. The number of benzene rings is 1. The minimum Gasteiger partial charge on any atom is -0.490 e. The van der Waals surface area contributed by atoms with Crippen LogP contribution in [0.1, 0.15) is 18.9 Å². The van der Waals surface area contributed by atoms with Gasteiger partial charge in [-0.15, -0.1) is 0 Å². The predicted molar refractivity (Wildman–Crippen MR) is 59.6 cm³/mol. The molecule has 0 saturated carbocycles. The van der Waals surface area contributed by atoms with Gasteiger partial charge in [0.1, 0.15) is 0 Å². The molecule has 0 aliphatic rings. The van der Waals surface area contributed by atoms with E-state index in [4.69, 9.17) is 9.47 Å². The summed E-state index contributed by atoms with van der Waals surface area (Å²) < 4.78 is 10.3. The molecule has 0 radical (unpaired) electrons. The van der Waals surface area contributed by atoms with Crippen molar-refractivity contribution in [2.45, 2.75) is 20.0 Å². The van der Waals surface area contributed by atoms with Crippen LogP contribution in [0, 0.1) is 10.1 Å². The summed E-state index contributed by atoms with van der Waals surface area (Å²) in [5, 5.41) is 10.6. The van der Waals surface area contributed by atoms with E-state index in [0.717, 1.165) is 12.0 Å². The van der Waals surface area contributed by atoms with Crippen molar-refractivity contribution < 1.29 is 14.4 Å². The molecule has 0 fully saturated rings. The number of nitro groups is 1. The molecule has 88 valence electrons. The molecule has 0 atom stereocenters. The molecule has 0 saturated heterocycles. The van der Waals surface area contributed by atoms with Crippen molar-refractivity contribution >= 4 is 5.69 Å². The Morgan fingerprint density at radius 3 is 2.75 bits per heavy atom. The second kappa shape index (κ2) is 6.07. The standard InChI is InChI=1S/C11H15NO4/c1-3-6-16-8-9-4-5-10(12(13)14)11(7-9)15-2/h4-5,7H,3,6,8H2,1-2H3. The Bertz CT molecular complexity index is 365. The van der Waals surface area contributed by atoms with Crippen LogP contribution in [0.5, 0.6) is 5.75 Å². The lowest BCUT2D eigenvalue weighted by Gasteiger charge is -2.05. The van der Waals surface area contributed by atoms with Crippen molar-refractivity contribution in [1.82, 2.24) is 0 Å². The first-order chi connectivity index (χ1) is 7.69. The SMILES string of the molecule is CCCOCc1ccc([N+](=O)[O-])c(OC)c1. The summed E-state index contributed by atoms with van der Waals surface area (Å²) in [5.74, 6) is 0.266. The van der Waals surface area contributed by atoms with Gasteiger partial charge in [0.25, 0.3) is 0 Å². The number of ether oxygens (including phenoxy) is 2. The van der Waals surface area contributed by atoms with Gasteiger partial charge in [0, 0.05) is 12.7 Å². The maximum Gasteiger partial charge on any atom is 0.310 e. The van der Waals surface area contributed by atoms with E-state index >= 15 is 0 Å². The topological polar surface area (TPSA) is 61.6 Å². The molecule has 0 spiro atoms. The maximum absolute atomic E-state index is 10.6. The number of methoxy groups -OCH3 is 1. The lowest BCUT2D eigenvalue weighted by Crippen LogP contribution is -1.97. The van der Waals surface area contributed by atoms with Crippen LogP contribution >= 0.6 is 0 Å². The average molecular weight is 225 g/mol. The summed E-state index contributed by atoms with van der Waals surface area (Å²) in [4.78, 5) is 10.2. The van der Waals surface area contributed by atoms with E-state index in [9.17, 15) is 10.1 Å². The molecule has 0 aromatic heterocycles. The Morgan fingerprint density at radius 2 is 2.19 bits per heavy atom. The molecule has 0 heterocycles. The van der Waals surface area contributed by atoms with Crippen LogP contribution in [-0.4, -0.2) is 18.6 Å². The molecule has 1 aromatic carbocycles. The van der Waals surface area contributed by atoms with E-state index in [1.54, 1.807) is 12.1 Å². The quantitative estimate of drug-likeness (QED) is 0.424. The second-order valence-corrected chi connectivity index (χ2v) is 3.32. The fourth-order valence-electron chi connectivity index (χ4n) is 1.30. The normalized spacial score (nSPS) is 10.1. The highest BCUT2D eigenvalue weighted by atomic mass is 16.6. The van der Waals surface area contributed by atoms with E-state index in [1.807, 2.05) is 6.92 Å². The first kappa shape index (κ1) is 12.4. The lowest BCUT2D eigenvalue weighted by molar-refractivity contribution is -0.385. The van der Waals surface area contributed by atoms with Crippen LogP contribution in [0.3, 0.4) is 0 Å². The van der Waals surface area contributed by atoms with E-state index in [0.29, 0.717) is 13.2 Å². The summed E-state index contributed by atoms with van der Waals surface area (Å²) in [6.07, 6.45) is 0.949. The molecule has 0 aliphatic carbocycles. The molecular weight excluding hydrogens is 210 g/mol. The van der Waals surface area contributed by atoms with E-state index in [-0.39, 0.29) is 11.4 Å². The molecule has 0 amide bonds. The third-order valence-corrected chi connectivity index (χ3v) is 2.06.